The Bertz CT molecular complexity index is 670. The van der Waals surface area contributed by atoms with Crippen LogP contribution in [-0.2, 0) is 0 Å². The van der Waals surface area contributed by atoms with Crippen LogP contribution < -0.4 is 14.8 Å². The van der Waals surface area contributed by atoms with E-state index in [9.17, 15) is 4.79 Å². The van der Waals surface area contributed by atoms with E-state index in [1.807, 2.05) is 38.1 Å². The summed E-state index contributed by atoms with van der Waals surface area (Å²) in [4.78, 5) is 12.2. The summed E-state index contributed by atoms with van der Waals surface area (Å²) in [6.45, 7) is 4.29. The van der Waals surface area contributed by atoms with Gasteiger partial charge in [-0.3, -0.25) is 4.79 Å². The van der Waals surface area contributed by atoms with E-state index in [0.29, 0.717) is 22.9 Å². The molecule has 122 valence electrons. The van der Waals surface area contributed by atoms with Crippen LogP contribution in [0.2, 0.25) is 5.02 Å². The van der Waals surface area contributed by atoms with E-state index in [0.717, 1.165) is 5.75 Å². The van der Waals surface area contributed by atoms with Gasteiger partial charge in [0.15, 0.2) is 0 Å². The van der Waals surface area contributed by atoms with Gasteiger partial charge >= 0.3 is 0 Å². The second-order valence-corrected chi connectivity index (χ2v) is 5.76. The number of methoxy groups -OCH3 is 1. The Labute approximate surface area is 141 Å². The maximum absolute atomic E-state index is 12.2. The van der Waals surface area contributed by atoms with E-state index in [2.05, 4.69) is 5.32 Å². The van der Waals surface area contributed by atoms with Gasteiger partial charge in [-0.05, 0) is 44.2 Å². The standard InChI is InChI=1S/C18H20ClNO3/c1-12-4-7-15(8-5-12)23-11-13(2)20-18(21)14-6-9-17(22-3)16(19)10-14/h4-10,13H,11H2,1-3H3,(H,20,21)/t13-/m0/s1. The van der Waals surface area contributed by atoms with Gasteiger partial charge in [0, 0.05) is 5.56 Å². The number of hydrogen-bond acceptors (Lipinski definition) is 3. The smallest absolute Gasteiger partial charge is 0.251 e. The van der Waals surface area contributed by atoms with Crippen molar-refractivity contribution in [2.45, 2.75) is 19.9 Å². The van der Waals surface area contributed by atoms with E-state index in [-0.39, 0.29) is 11.9 Å². The number of nitrogens with one attached hydrogen (secondary N) is 1. The van der Waals surface area contributed by atoms with Crippen molar-refractivity contribution < 1.29 is 14.3 Å². The second kappa shape index (κ2) is 7.88. The predicted molar refractivity (Wildman–Crippen MR) is 91.6 cm³/mol. The Hall–Kier alpha value is -2.20. The van der Waals surface area contributed by atoms with E-state index < -0.39 is 0 Å². The third kappa shape index (κ3) is 4.89. The topological polar surface area (TPSA) is 47.6 Å². The minimum Gasteiger partial charge on any atom is -0.495 e. The molecule has 0 bridgehead atoms. The van der Waals surface area contributed by atoms with Gasteiger partial charge in [-0.1, -0.05) is 29.3 Å². The summed E-state index contributed by atoms with van der Waals surface area (Å²) < 4.78 is 10.7. The highest BCUT2D eigenvalue weighted by Gasteiger charge is 2.12. The van der Waals surface area contributed by atoms with Gasteiger partial charge in [0.1, 0.15) is 18.1 Å². The molecule has 1 amide bonds. The number of ether oxygens (including phenoxy) is 2. The maximum Gasteiger partial charge on any atom is 0.251 e. The van der Waals surface area contributed by atoms with Gasteiger partial charge in [0.25, 0.3) is 5.91 Å². The zero-order valence-corrected chi connectivity index (χ0v) is 14.2. The lowest BCUT2D eigenvalue weighted by Gasteiger charge is -2.15. The molecule has 0 radical (unpaired) electrons. The summed E-state index contributed by atoms with van der Waals surface area (Å²) in [5.41, 5.74) is 1.66. The van der Waals surface area contributed by atoms with Crippen LogP contribution in [0.25, 0.3) is 0 Å². The van der Waals surface area contributed by atoms with Crippen LogP contribution >= 0.6 is 11.6 Å². The van der Waals surface area contributed by atoms with Crippen molar-refractivity contribution in [3.05, 3.63) is 58.6 Å². The van der Waals surface area contributed by atoms with Crippen molar-refractivity contribution in [3.63, 3.8) is 0 Å². The number of aryl methyl sites for hydroxylation is 1. The summed E-state index contributed by atoms with van der Waals surface area (Å²) in [5.74, 6) is 1.12. The first-order valence-electron chi connectivity index (χ1n) is 7.33. The minimum atomic E-state index is -0.199. The SMILES string of the molecule is COc1ccc(C(=O)N[C@@H](C)COc2ccc(C)cc2)cc1Cl. The number of amides is 1. The molecule has 0 unspecified atom stereocenters. The summed E-state index contributed by atoms with van der Waals surface area (Å²) in [6, 6.07) is 12.6. The largest absolute Gasteiger partial charge is 0.495 e. The normalized spacial score (nSPS) is 11.7. The van der Waals surface area contributed by atoms with Gasteiger partial charge in [0.05, 0.1) is 18.2 Å². The highest BCUT2D eigenvalue weighted by molar-refractivity contribution is 6.32. The molecule has 0 saturated heterocycles. The van der Waals surface area contributed by atoms with Crippen LogP contribution in [0.5, 0.6) is 11.5 Å². The molecule has 5 heteroatoms. The van der Waals surface area contributed by atoms with Crippen molar-refractivity contribution in [3.8, 4) is 11.5 Å². The number of carbonyl (C=O) groups excluding carboxylic acids is 1. The second-order valence-electron chi connectivity index (χ2n) is 5.35. The van der Waals surface area contributed by atoms with Gasteiger partial charge in [-0.25, -0.2) is 0 Å². The van der Waals surface area contributed by atoms with Gasteiger partial charge < -0.3 is 14.8 Å². The lowest BCUT2D eigenvalue weighted by atomic mass is 10.2. The first-order chi connectivity index (χ1) is 11.0. The van der Waals surface area contributed by atoms with Crippen LogP contribution in [0.4, 0.5) is 0 Å². The number of halogens is 1. The lowest BCUT2D eigenvalue weighted by molar-refractivity contribution is 0.0926. The molecule has 0 aromatic heterocycles. The average Bonchev–Trinajstić information content (AvgIpc) is 2.54. The highest BCUT2D eigenvalue weighted by atomic mass is 35.5. The average molecular weight is 334 g/mol. The number of carbonyl (C=O) groups is 1. The van der Waals surface area contributed by atoms with Gasteiger partial charge in [0.2, 0.25) is 0 Å². The van der Waals surface area contributed by atoms with E-state index in [1.54, 1.807) is 18.2 Å². The van der Waals surface area contributed by atoms with Crippen molar-refractivity contribution >= 4 is 17.5 Å². The molecule has 2 aromatic carbocycles. The molecule has 0 aliphatic carbocycles. The first-order valence-corrected chi connectivity index (χ1v) is 7.71. The molecule has 0 heterocycles. The molecule has 23 heavy (non-hydrogen) atoms. The van der Waals surface area contributed by atoms with Crippen molar-refractivity contribution in [2.75, 3.05) is 13.7 Å². The highest BCUT2D eigenvalue weighted by Crippen LogP contribution is 2.24. The molecule has 1 N–H and O–H groups in total. The fraction of sp³-hybridized carbons (Fsp3) is 0.278. The third-order valence-corrected chi connectivity index (χ3v) is 3.61. The summed E-state index contributed by atoms with van der Waals surface area (Å²) in [7, 11) is 1.53. The number of benzene rings is 2. The van der Waals surface area contributed by atoms with Crippen LogP contribution in [-0.4, -0.2) is 25.7 Å². The Morgan fingerprint density at radius 1 is 1.22 bits per heavy atom. The maximum atomic E-state index is 12.2. The zero-order chi connectivity index (χ0) is 16.8. The Balaban J connectivity index is 1.89. The van der Waals surface area contributed by atoms with Gasteiger partial charge in [-0.2, -0.15) is 0 Å². The molecule has 2 aromatic rings. The third-order valence-electron chi connectivity index (χ3n) is 3.31. The molecular weight excluding hydrogens is 314 g/mol. The lowest BCUT2D eigenvalue weighted by Crippen LogP contribution is -2.36. The number of rotatable bonds is 6. The summed E-state index contributed by atoms with van der Waals surface area (Å²) in [6.07, 6.45) is 0. The summed E-state index contributed by atoms with van der Waals surface area (Å²) >= 11 is 6.03. The fourth-order valence-corrected chi connectivity index (χ4v) is 2.27. The number of hydrogen-bond donors (Lipinski definition) is 1. The molecule has 0 aliphatic heterocycles. The van der Waals surface area contributed by atoms with Crippen LogP contribution in [0.3, 0.4) is 0 Å². The Morgan fingerprint density at radius 3 is 2.52 bits per heavy atom. The molecular formula is C18H20ClNO3. The zero-order valence-electron chi connectivity index (χ0n) is 13.4. The van der Waals surface area contributed by atoms with Crippen LogP contribution in [0.15, 0.2) is 42.5 Å². The van der Waals surface area contributed by atoms with E-state index >= 15 is 0 Å². The van der Waals surface area contributed by atoms with Crippen molar-refractivity contribution in [1.29, 1.82) is 0 Å². The summed E-state index contributed by atoms with van der Waals surface area (Å²) in [5, 5.41) is 3.29. The predicted octanol–water partition coefficient (Wildman–Crippen LogP) is 3.85. The molecule has 0 fully saturated rings. The van der Waals surface area contributed by atoms with Crippen LogP contribution in [0.1, 0.15) is 22.8 Å². The van der Waals surface area contributed by atoms with E-state index in [4.69, 9.17) is 21.1 Å². The van der Waals surface area contributed by atoms with E-state index in [1.165, 1.54) is 12.7 Å². The molecule has 1 atom stereocenters. The Kier molecular flexibility index (Phi) is 5.88. The monoisotopic (exact) mass is 333 g/mol. The Morgan fingerprint density at radius 2 is 1.91 bits per heavy atom. The molecule has 2 rings (SSSR count). The molecule has 0 aliphatic rings. The molecule has 0 spiro atoms. The quantitative estimate of drug-likeness (QED) is 0.873. The molecule has 0 saturated carbocycles. The van der Waals surface area contributed by atoms with Crippen molar-refractivity contribution in [2.24, 2.45) is 0 Å². The van der Waals surface area contributed by atoms with Crippen molar-refractivity contribution in [1.82, 2.24) is 5.32 Å². The van der Waals surface area contributed by atoms with Gasteiger partial charge in [-0.15, -0.1) is 0 Å². The first kappa shape index (κ1) is 17.2. The fourth-order valence-electron chi connectivity index (χ4n) is 2.01. The van der Waals surface area contributed by atoms with Crippen LogP contribution in [0, 0.1) is 6.92 Å². The minimum absolute atomic E-state index is 0.135. The molecule has 4 nitrogen and oxygen atoms in total.